The number of nitriles is 1. The largest absolute Gasteiger partial charge is 0.292 e. The Bertz CT molecular complexity index is 727. The third-order valence-corrected chi connectivity index (χ3v) is 4.00. The first-order valence-electron chi connectivity index (χ1n) is 6.40. The molecule has 0 aromatic heterocycles. The topological polar surface area (TPSA) is 40.9 Å². The lowest BCUT2D eigenvalue weighted by Crippen LogP contribution is -2.14. The molecule has 2 nitrogen and oxygen atoms in total. The number of benzene rings is 2. The van der Waals surface area contributed by atoms with E-state index in [0.717, 1.165) is 11.1 Å². The molecule has 1 atom stereocenters. The van der Waals surface area contributed by atoms with E-state index in [0.29, 0.717) is 21.2 Å². The summed E-state index contributed by atoms with van der Waals surface area (Å²) in [5.41, 5.74) is 2.69. The van der Waals surface area contributed by atoms with Crippen LogP contribution in [0.5, 0.6) is 0 Å². The average molecular weight is 318 g/mol. The van der Waals surface area contributed by atoms with Gasteiger partial charge in [0.25, 0.3) is 0 Å². The van der Waals surface area contributed by atoms with Crippen LogP contribution in [0, 0.1) is 25.2 Å². The number of hydrogen-bond acceptors (Lipinski definition) is 2. The van der Waals surface area contributed by atoms with Gasteiger partial charge >= 0.3 is 0 Å². The molecule has 1 unspecified atom stereocenters. The number of carbonyl (C=O) groups is 1. The summed E-state index contributed by atoms with van der Waals surface area (Å²) in [5.74, 6) is -1.29. The Morgan fingerprint density at radius 2 is 1.76 bits per heavy atom. The minimum Gasteiger partial charge on any atom is -0.292 e. The molecule has 21 heavy (non-hydrogen) atoms. The van der Waals surface area contributed by atoms with E-state index in [9.17, 15) is 10.1 Å². The van der Waals surface area contributed by atoms with Crippen molar-refractivity contribution in [2.45, 2.75) is 19.8 Å². The summed E-state index contributed by atoms with van der Waals surface area (Å²) in [6, 6.07) is 12.5. The molecular formula is C17H13Cl2NO. The highest BCUT2D eigenvalue weighted by Crippen LogP contribution is 2.33. The van der Waals surface area contributed by atoms with E-state index < -0.39 is 5.92 Å². The summed E-state index contributed by atoms with van der Waals surface area (Å²) < 4.78 is 0. The van der Waals surface area contributed by atoms with Gasteiger partial charge in [-0.25, -0.2) is 0 Å². The minimum atomic E-state index is -1.01. The maximum atomic E-state index is 12.7. The Labute approximate surface area is 133 Å². The molecule has 0 bridgehead atoms. The molecule has 0 fully saturated rings. The molecule has 0 aliphatic carbocycles. The van der Waals surface area contributed by atoms with E-state index >= 15 is 0 Å². The lowest BCUT2D eigenvalue weighted by Gasteiger charge is -2.14. The Balaban J connectivity index is 2.55. The number of ketones is 1. The van der Waals surface area contributed by atoms with Gasteiger partial charge in [-0.2, -0.15) is 5.26 Å². The highest BCUT2D eigenvalue weighted by molar-refractivity contribution is 6.36. The standard InChI is InChI=1S/C17H13Cl2NO/c1-10-6-7-11(2)12(8-10)17(21)13(9-20)16-14(18)4-3-5-15(16)19/h3-8,13H,1-2H3. The van der Waals surface area contributed by atoms with Crippen molar-refractivity contribution in [3.8, 4) is 6.07 Å². The summed E-state index contributed by atoms with van der Waals surface area (Å²) in [7, 11) is 0. The highest BCUT2D eigenvalue weighted by Gasteiger charge is 2.27. The van der Waals surface area contributed by atoms with Crippen LogP contribution < -0.4 is 0 Å². The summed E-state index contributed by atoms with van der Waals surface area (Å²) >= 11 is 12.2. The van der Waals surface area contributed by atoms with Gasteiger partial charge in [0.1, 0.15) is 5.92 Å². The van der Waals surface area contributed by atoms with Crippen LogP contribution in [0.25, 0.3) is 0 Å². The van der Waals surface area contributed by atoms with Gasteiger partial charge in [0.05, 0.1) is 6.07 Å². The first-order valence-corrected chi connectivity index (χ1v) is 7.16. The molecule has 0 aliphatic heterocycles. The molecule has 0 amide bonds. The Kier molecular flexibility index (Phi) is 4.67. The van der Waals surface area contributed by atoms with Crippen LogP contribution in [0.15, 0.2) is 36.4 Å². The SMILES string of the molecule is Cc1ccc(C)c(C(=O)C(C#N)c2c(Cl)cccc2Cl)c1. The normalized spacial score (nSPS) is 11.8. The van der Waals surface area contributed by atoms with E-state index in [4.69, 9.17) is 23.2 Å². The van der Waals surface area contributed by atoms with Crippen LogP contribution in [0.1, 0.15) is 33.0 Å². The van der Waals surface area contributed by atoms with Crippen LogP contribution in [0.3, 0.4) is 0 Å². The van der Waals surface area contributed by atoms with Gasteiger partial charge in [-0.3, -0.25) is 4.79 Å². The number of rotatable bonds is 3. The van der Waals surface area contributed by atoms with Crippen LogP contribution >= 0.6 is 23.2 Å². The zero-order valence-electron chi connectivity index (χ0n) is 11.7. The number of Topliss-reactive ketones (excluding diaryl/α,β-unsaturated/α-hetero) is 1. The van der Waals surface area contributed by atoms with E-state index in [1.807, 2.05) is 32.0 Å². The van der Waals surface area contributed by atoms with Crippen molar-refractivity contribution in [3.63, 3.8) is 0 Å². The van der Waals surface area contributed by atoms with Crippen molar-refractivity contribution in [3.05, 3.63) is 68.7 Å². The van der Waals surface area contributed by atoms with Crippen LogP contribution in [0.4, 0.5) is 0 Å². The third-order valence-electron chi connectivity index (χ3n) is 3.34. The van der Waals surface area contributed by atoms with Gasteiger partial charge in [-0.15, -0.1) is 0 Å². The molecule has 0 aliphatic rings. The molecule has 0 radical (unpaired) electrons. The van der Waals surface area contributed by atoms with Gasteiger partial charge in [0.2, 0.25) is 0 Å². The molecule has 0 spiro atoms. The van der Waals surface area contributed by atoms with E-state index in [1.54, 1.807) is 24.3 Å². The van der Waals surface area contributed by atoms with Crippen molar-refractivity contribution in [1.29, 1.82) is 5.26 Å². The number of aryl methyl sites for hydroxylation is 2. The molecule has 2 rings (SSSR count). The number of carbonyl (C=O) groups excluding carboxylic acids is 1. The van der Waals surface area contributed by atoms with Crippen molar-refractivity contribution < 1.29 is 4.79 Å². The fraction of sp³-hybridized carbons (Fsp3) is 0.176. The predicted molar refractivity (Wildman–Crippen MR) is 85.1 cm³/mol. The number of nitrogens with zero attached hydrogens (tertiary/aromatic N) is 1. The molecule has 2 aromatic rings. The summed E-state index contributed by atoms with van der Waals surface area (Å²) in [5, 5.41) is 10.1. The summed E-state index contributed by atoms with van der Waals surface area (Å²) in [6.07, 6.45) is 0. The summed E-state index contributed by atoms with van der Waals surface area (Å²) in [6.45, 7) is 3.75. The van der Waals surface area contributed by atoms with Crippen molar-refractivity contribution >= 4 is 29.0 Å². The first-order chi connectivity index (χ1) is 9.95. The van der Waals surface area contributed by atoms with Crippen LogP contribution in [-0.2, 0) is 0 Å². The van der Waals surface area contributed by atoms with Crippen molar-refractivity contribution in [2.75, 3.05) is 0 Å². The fourth-order valence-corrected chi connectivity index (χ4v) is 2.81. The van der Waals surface area contributed by atoms with E-state index in [-0.39, 0.29) is 5.78 Å². The zero-order valence-corrected chi connectivity index (χ0v) is 13.2. The maximum Gasteiger partial charge on any atom is 0.184 e. The maximum absolute atomic E-state index is 12.7. The smallest absolute Gasteiger partial charge is 0.184 e. The fourth-order valence-electron chi connectivity index (χ4n) is 2.20. The lowest BCUT2D eigenvalue weighted by molar-refractivity contribution is 0.0978. The van der Waals surface area contributed by atoms with Crippen LogP contribution in [-0.4, -0.2) is 5.78 Å². The lowest BCUT2D eigenvalue weighted by atomic mass is 9.89. The van der Waals surface area contributed by atoms with Gasteiger partial charge in [0, 0.05) is 21.2 Å². The van der Waals surface area contributed by atoms with Gasteiger partial charge in [-0.05, 0) is 37.6 Å². The molecule has 0 N–H and O–H groups in total. The van der Waals surface area contributed by atoms with E-state index in [1.165, 1.54) is 0 Å². The minimum absolute atomic E-state index is 0.284. The molecular weight excluding hydrogens is 305 g/mol. The second-order valence-corrected chi connectivity index (χ2v) is 5.69. The number of hydrogen-bond donors (Lipinski definition) is 0. The van der Waals surface area contributed by atoms with Gasteiger partial charge in [-0.1, -0.05) is 47.0 Å². The second-order valence-electron chi connectivity index (χ2n) is 4.88. The second kappa shape index (κ2) is 6.30. The van der Waals surface area contributed by atoms with Gasteiger partial charge < -0.3 is 0 Å². The van der Waals surface area contributed by atoms with Crippen molar-refractivity contribution in [1.82, 2.24) is 0 Å². The first kappa shape index (κ1) is 15.6. The monoisotopic (exact) mass is 317 g/mol. The molecule has 0 saturated carbocycles. The summed E-state index contributed by atoms with van der Waals surface area (Å²) in [4.78, 5) is 12.7. The third kappa shape index (κ3) is 3.10. The molecule has 0 saturated heterocycles. The molecule has 2 aromatic carbocycles. The zero-order chi connectivity index (χ0) is 15.6. The Hall–Kier alpha value is -1.82. The predicted octanol–water partition coefficient (Wildman–Crippen LogP) is 5.10. The Morgan fingerprint density at radius 1 is 1.14 bits per heavy atom. The average Bonchev–Trinajstić information content (AvgIpc) is 2.45. The van der Waals surface area contributed by atoms with Crippen molar-refractivity contribution in [2.24, 2.45) is 0 Å². The highest BCUT2D eigenvalue weighted by atomic mass is 35.5. The Morgan fingerprint density at radius 3 is 2.33 bits per heavy atom. The van der Waals surface area contributed by atoms with Crippen LogP contribution in [0.2, 0.25) is 10.0 Å². The molecule has 4 heteroatoms. The van der Waals surface area contributed by atoms with Gasteiger partial charge in [0.15, 0.2) is 5.78 Å². The number of halogens is 2. The quantitative estimate of drug-likeness (QED) is 0.739. The molecule has 0 heterocycles. The molecule has 106 valence electrons. The van der Waals surface area contributed by atoms with E-state index in [2.05, 4.69) is 0 Å².